The fourth-order valence-corrected chi connectivity index (χ4v) is 7.16. The third-order valence-electron chi connectivity index (χ3n) is 9.79. The number of nitrogens with one attached hydrogen (secondary N) is 1. The molecule has 3 aromatic heterocycles. The monoisotopic (exact) mass is 683 g/mol. The normalized spacial score (nSPS) is 18.7. The lowest BCUT2D eigenvalue weighted by molar-refractivity contribution is -0.116. The number of amides is 1. The number of carbonyl (C=O) groups excluding carboxylic acids is 2. The number of aldehydes is 1. The highest BCUT2D eigenvalue weighted by Crippen LogP contribution is 2.38. The van der Waals surface area contributed by atoms with Gasteiger partial charge in [0.2, 0.25) is 17.7 Å². The molecule has 1 unspecified atom stereocenters. The van der Waals surface area contributed by atoms with E-state index in [1.807, 2.05) is 11.8 Å². The summed E-state index contributed by atoms with van der Waals surface area (Å²) in [5.41, 5.74) is -1.58. The molecule has 2 N–H and O–H groups in total. The predicted octanol–water partition coefficient (Wildman–Crippen LogP) is 4.74. The van der Waals surface area contributed by atoms with Crippen LogP contribution in [0.5, 0.6) is 5.75 Å². The van der Waals surface area contributed by atoms with Crippen molar-refractivity contribution in [2.24, 2.45) is 5.92 Å². The molecular formula is C33H33ClF3N7O4. The molecule has 0 spiro atoms. The van der Waals surface area contributed by atoms with Crippen LogP contribution in [0.15, 0.2) is 23.1 Å². The van der Waals surface area contributed by atoms with Crippen molar-refractivity contribution in [2.45, 2.75) is 64.7 Å². The van der Waals surface area contributed by atoms with Gasteiger partial charge < -0.3 is 19.9 Å². The van der Waals surface area contributed by atoms with E-state index in [-0.39, 0.29) is 39.6 Å². The van der Waals surface area contributed by atoms with Crippen molar-refractivity contribution in [3.05, 3.63) is 62.7 Å². The van der Waals surface area contributed by atoms with E-state index in [1.54, 1.807) is 0 Å². The number of piperazine rings is 1. The van der Waals surface area contributed by atoms with E-state index >= 15 is 8.78 Å². The van der Waals surface area contributed by atoms with Crippen molar-refractivity contribution in [3.8, 4) is 16.9 Å². The molecule has 48 heavy (non-hydrogen) atoms. The van der Waals surface area contributed by atoms with Crippen LogP contribution in [0.25, 0.3) is 22.2 Å². The Balaban J connectivity index is 1.20. The first-order valence-corrected chi connectivity index (χ1v) is 16.3. The summed E-state index contributed by atoms with van der Waals surface area (Å²) in [6.07, 6.45) is 5.05. The number of aryl methyl sites for hydroxylation is 1. The second-order valence-electron chi connectivity index (χ2n) is 12.9. The highest BCUT2D eigenvalue weighted by atomic mass is 35.5. The van der Waals surface area contributed by atoms with Crippen LogP contribution in [0, 0.1) is 23.5 Å². The van der Waals surface area contributed by atoms with Crippen LogP contribution < -0.4 is 15.8 Å². The lowest BCUT2D eigenvalue weighted by Gasteiger charge is -2.43. The van der Waals surface area contributed by atoms with E-state index in [0.717, 1.165) is 25.1 Å². The molecule has 5 heterocycles. The first-order valence-electron chi connectivity index (χ1n) is 15.9. The van der Waals surface area contributed by atoms with Crippen LogP contribution in [0.4, 0.5) is 24.7 Å². The number of pyridine rings is 1. The Morgan fingerprint density at radius 3 is 2.62 bits per heavy atom. The average molecular weight is 684 g/mol. The molecule has 2 atom stereocenters. The molecule has 2 fully saturated rings. The molecule has 15 heteroatoms. The summed E-state index contributed by atoms with van der Waals surface area (Å²) < 4.78 is 47.7. The van der Waals surface area contributed by atoms with Gasteiger partial charge in [0.05, 0.1) is 16.6 Å². The number of aromatic nitrogens is 4. The first kappa shape index (κ1) is 32.1. The van der Waals surface area contributed by atoms with Gasteiger partial charge >= 0.3 is 0 Å². The molecule has 4 aromatic rings. The number of benzene rings is 1. The molecule has 3 aliphatic rings. The molecule has 1 saturated carbocycles. The molecule has 0 bridgehead atoms. The molecule has 252 valence electrons. The van der Waals surface area contributed by atoms with Gasteiger partial charge in [0.25, 0.3) is 5.56 Å². The van der Waals surface area contributed by atoms with Crippen LogP contribution >= 0.6 is 11.6 Å². The summed E-state index contributed by atoms with van der Waals surface area (Å²) in [6, 6.07) is 2.96. The second-order valence-corrected chi connectivity index (χ2v) is 13.2. The van der Waals surface area contributed by atoms with E-state index < -0.39 is 52.5 Å². The van der Waals surface area contributed by atoms with Crippen LogP contribution in [0.3, 0.4) is 0 Å². The number of fused-ring (bicyclic) bond motifs is 2. The van der Waals surface area contributed by atoms with Crippen molar-refractivity contribution in [2.75, 3.05) is 29.9 Å². The number of aromatic hydroxyl groups is 1. The van der Waals surface area contributed by atoms with Crippen molar-refractivity contribution in [1.82, 2.24) is 24.0 Å². The minimum Gasteiger partial charge on any atom is -0.504 e. The summed E-state index contributed by atoms with van der Waals surface area (Å²) in [4.78, 5) is 51.7. The first-order chi connectivity index (χ1) is 23.0. The number of halogens is 4. The van der Waals surface area contributed by atoms with Crippen molar-refractivity contribution < 1.29 is 27.9 Å². The molecule has 1 amide bonds. The third-order valence-corrected chi connectivity index (χ3v) is 10.1. The topological polar surface area (TPSA) is 126 Å². The van der Waals surface area contributed by atoms with E-state index in [4.69, 9.17) is 11.6 Å². The Kier molecular flexibility index (Phi) is 8.18. The highest BCUT2D eigenvalue weighted by Gasteiger charge is 2.36. The Morgan fingerprint density at radius 2 is 1.92 bits per heavy atom. The summed E-state index contributed by atoms with van der Waals surface area (Å²) >= 11 is 6.26. The summed E-state index contributed by atoms with van der Waals surface area (Å²) in [5.74, 6) is -4.38. The zero-order valence-electron chi connectivity index (χ0n) is 26.3. The van der Waals surface area contributed by atoms with E-state index in [0.29, 0.717) is 43.6 Å². The minimum absolute atomic E-state index is 0.00183. The van der Waals surface area contributed by atoms with Crippen molar-refractivity contribution in [3.63, 3.8) is 0 Å². The third kappa shape index (κ3) is 5.50. The van der Waals surface area contributed by atoms with Gasteiger partial charge in [-0.15, -0.1) is 0 Å². The standard InChI is InChI=1S/C33H33ClF3N7O4/c1-16-12-41(17(2)18-5-6-18)8-9-43(16)24-11-22(27(34)31(37)39-24)38-25(46)14-42-13-21(20-10-19(15-45)30(47)29(36)28(20)35)26-32(42)40-23-4-3-7-44(23)33(26)48/h10-11,13,15-18,47H,3-9,12,14H2,1-2H3,(H,38,39,46)/t16?,17-/m0/s1. The number of rotatable bonds is 8. The van der Waals surface area contributed by atoms with E-state index in [9.17, 15) is 23.9 Å². The molecule has 1 aliphatic carbocycles. The van der Waals surface area contributed by atoms with Crippen molar-refractivity contribution >= 4 is 46.3 Å². The van der Waals surface area contributed by atoms with Crippen LogP contribution in [0.2, 0.25) is 5.02 Å². The Bertz CT molecular complexity index is 2050. The highest BCUT2D eigenvalue weighted by molar-refractivity contribution is 6.33. The number of hydrogen-bond donors (Lipinski definition) is 2. The van der Waals surface area contributed by atoms with Gasteiger partial charge in [0, 0.05) is 68.1 Å². The number of carbonyl (C=O) groups is 2. The molecule has 7 rings (SSSR count). The van der Waals surface area contributed by atoms with Crippen molar-refractivity contribution in [1.29, 1.82) is 0 Å². The minimum atomic E-state index is -1.65. The summed E-state index contributed by atoms with van der Waals surface area (Å²) in [5, 5.41) is 12.1. The SMILES string of the molecule is CC1CN([C@@H](C)C2CC2)CCN1c1cc(NC(=O)Cn2cc(-c3cc(C=O)c(O)c(F)c3F)c3c(=O)n4c(nc32)CCC4)c(Cl)c(F)n1. The fourth-order valence-electron chi connectivity index (χ4n) is 7.02. The molecule has 1 saturated heterocycles. The zero-order valence-corrected chi connectivity index (χ0v) is 27.0. The molecule has 2 aliphatic heterocycles. The predicted molar refractivity (Wildman–Crippen MR) is 173 cm³/mol. The van der Waals surface area contributed by atoms with E-state index in [2.05, 4.69) is 27.1 Å². The number of phenolic OH excluding ortho intramolecular Hbond substituents is 1. The lowest BCUT2D eigenvalue weighted by atomic mass is 10.0. The van der Waals surface area contributed by atoms with Gasteiger partial charge in [-0.05, 0) is 45.1 Å². The second kappa shape index (κ2) is 12.2. The van der Waals surface area contributed by atoms with Gasteiger partial charge in [0.15, 0.2) is 17.9 Å². The fraction of sp³-hybridized carbons (Fsp3) is 0.424. The molecule has 0 radical (unpaired) electrons. The number of nitrogens with zero attached hydrogens (tertiary/aromatic N) is 6. The van der Waals surface area contributed by atoms with E-state index in [1.165, 1.54) is 34.2 Å². The molecular weight excluding hydrogens is 651 g/mol. The van der Waals surface area contributed by atoms with Crippen LogP contribution in [0.1, 0.15) is 49.3 Å². The Hall–Kier alpha value is -4.43. The van der Waals surface area contributed by atoms with Gasteiger partial charge in [-0.2, -0.15) is 8.78 Å². The molecule has 1 aromatic carbocycles. The Morgan fingerprint density at radius 1 is 1.15 bits per heavy atom. The Labute approximate surface area is 277 Å². The maximum absolute atomic E-state index is 15.2. The lowest BCUT2D eigenvalue weighted by Crippen LogP contribution is -2.55. The maximum atomic E-state index is 15.2. The van der Waals surface area contributed by atoms with Gasteiger partial charge in [-0.3, -0.25) is 23.9 Å². The van der Waals surface area contributed by atoms with Gasteiger partial charge in [-0.1, -0.05) is 11.6 Å². The van der Waals surface area contributed by atoms with Crippen LogP contribution in [-0.2, 0) is 24.3 Å². The zero-order chi connectivity index (χ0) is 34.0. The summed E-state index contributed by atoms with van der Waals surface area (Å²) in [6.45, 7) is 6.38. The number of phenols is 1. The number of hydrogen-bond acceptors (Lipinski definition) is 8. The summed E-state index contributed by atoms with van der Waals surface area (Å²) in [7, 11) is 0. The maximum Gasteiger partial charge on any atom is 0.263 e. The smallest absolute Gasteiger partial charge is 0.263 e. The quantitative estimate of drug-likeness (QED) is 0.202. The average Bonchev–Trinajstić information content (AvgIpc) is 3.70. The largest absolute Gasteiger partial charge is 0.504 e. The van der Waals surface area contributed by atoms with Gasteiger partial charge in [-0.25, -0.2) is 14.4 Å². The van der Waals surface area contributed by atoms with Crippen LogP contribution in [-0.4, -0.2) is 73.0 Å². The van der Waals surface area contributed by atoms with Gasteiger partial charge in [0.1, 0.15) is 28.9 Å². The molecule has 11 nitrogen and oxygen atoms in total. The number of anilines is 2.